The molecule has 0 spiro atoms. The molecule has 0 aromatic carbocycles. The highest BCUT2D eigenvalue weighted by Gasteiger charge is 2.61. The Hall–Kier alpha value is -0.0800. The van der Waals surface area contributed by atoms with Crippen molar-refractivity contribution in [2.45, 2.75) is 90.2 Å². The maximum absolute atomic E-state index is 10.8. The van der Waals surface area contributed by atoms with Gasteiger partial charge < -0.3 is 10.4 Å². The summed E-state index contributed by atoms with van der Waals surface area (Å²) in [7, 11) is 0. The van der Waals surface area contributed by atoms with E-state index in [1.54, 1.807) is 0 Å². The Morgan fingerprint density at radius 2 is 1.65 bits per heavy atom. The van der Waals surface area contributed by atoms with Crippen LogP contribution in [0.3, 0.4) is 0 Å². The standard InChI is InChI=1S/C18H33NO/c1-16(2)14-8-11-17(16,3)15(12-14)19-13-18(20)9-6-4-5-7-10-18/h14-15,19-20H,4-13H2,1-3H3. The molecule has 0 aliphatic heterocycles. The van der Waals surface area contributed by atoms with Crippen molar-refractivity contribution in [2.75, 3.05) is 6.54 Å². The highest BCUT2D eigenvalue weighted by atomic mass is 16.3. The monoisotopic (exact) mass is 279 g/mol. The topological polar surface area (TPSA) is 32.3 Å². The Balaban J connectivity index is 1.62. The lowest BCUT2D eigenvalue weighted by Gasteiger charge is -2.41. The van der Waals surface area contributed by atoms with Gasteiger partial charge in [0.1, 0.15) is 0 Å². The van der Waals surface area contributed by atoms with Gasteiger partial charge in [-0.15, -0.1) is 0 Å². The fraction of sp³-hybridized carbons (Fsp3) is 1.00. The number of rotatable bonds is 3. The second-order valence-electron chi connectivity index (χ2n) is 8.68. The van der Waals surface area contributed by atoms with Crippen molar-refractivity contribution in [3.05, 3.63) is 0 Å². The number of nitrogens with one attached hydrogen (secondary N) is 1. The van der Waals surface area contributed by atoms with E-state index in [0.29, 0.717) is 16.9 Å². The molecule has 0 radical (unpaired) electrons. The predicted molar refractivity (Wildman–Crippen MR) is 83.7 cm³/mol. The lowest BCUT2D eigenvalue weighted by atomic mass is 9.69. The van der Waals surface area contributed by atoms with Crippen molar-refractivity contribution in [1.29, 1.82) is 0 Å². The number of hydrogen-bond donors (Lipinski definition) is 2. The number of fused-ring (bicyclic) bond motifs is 2. The molecule has 2 bridgehead atoms. The van der Waals surface area contributed by atoms with Crippen LogP contribution >= 0.6 is 0 Å². The quantitative estimate of drug-likeness (QED) is 0.769. The van der Waals surface area contributed by atoms with E-state index in [0.717, 1.165) is 25.3 Å². The lowest BCUT2D eigenvalue weighted by molar-refractivity contribution is 0.0146. The van der Waals surface area contributed by atoms with E-state index in [1.165, 1.54) is 44.9 Å². The van der Waals surface area contributed by atoms with E-state index < -0.39 is 5.60 Å². The average Bonchev–Trinajstić information content (AvgIpc) is 2.65. The first-order valence-corrected chi connectivity index (χ1v) is 8.83. The van der Waals surface area contributed by atoms with Crippen molar-refractivity contribution < 1.29 is 5.11 Å². The molecule has 3 unspecified atom stereocenters. The van der Waals surface area contributed by atoms with E-state index in [2.05, 4.69) is 26.1 Å². The first kappa shape index (κ1) is 14.8. The van der Waals surface area contributed by atoms with Crippen LogP contribution < -0.4 is 5.32 Å². The van der Waals surface area contributed by atoms with Crippen LogP contribution in [0, 0.1) is 16.7 Å². The Morgan fingerprint density at radius 3 is 2.15 bits per heavy atom. The Bertz CT molecular complexity index is 356. The van der Waals surface area contributed by atoms with Gasteiger partial charge in [0.15, 0.2) is 0 Å². The van der Waals surface area contributed by atoms with E-state index in [9.17, 15) is 5.11 Å². The van der Waals surface area contributed by atoms with Gasteiger partial charge >= 0.3 is 0 Å². The first-order chi connectivity index (χ1) is 9.37. The molecule has 0 aromatic heterocycles. The molecular weight excluding hydrogens is 246 g/mol. The van der Waals surface area contributed by atoms with Gasteiger partial charge in [0, 0.05) is 12.6 Å². The average molecular weight is 279 g/mol. The molecule has 2 nitrogen and oxygen atoms in total. The van der Waals surface area contributed by atoms with Gasteiger partial charge in [0.2, 0.25) is 0 Å². The molecule has 0 aromatic rings. The van der Waals surface area contributed by atoms with Gasteiger partial charge in [-0.3, -0.25) is 0 Å². The van der Waals surface area contributed by atoms with Gasteiger partial charge in [0.05, 0.1) is 5.60 Å². The summed E-state index contributed by atoms with van der Waals surface area (Å²) in [6, 6.07) is 0.614. The summed E-state index contributed by atoms with van der Waals surface area (Å²) < 4.78 is 0. The Morgan fingerprint density at radius 1 is 1.00 bits per heavy atom. The molecule has 0 heterocycles. The molecule has 3 rings (SSSR count). The molecule has 3 atom stereocenters. The SMILES string of the molecule is CC1(C)C2CCC1(C)C(NCC1(O)CCCCCC1)C2. The minimum Gasteiger partial charge on any atom is -0.389 e. The van der Waals surface area contributed by atoms with Crippen molar-refractivity contribution in [1.82, 2.24) is 5.32 Å². The fourth-order valence-electron chi connectivity index (χ4n) is 5.39. The van der Waals surface area contributed by atoms with Crippen LogP contribution in [-0.2, 0) is 0 Å². The largest absolute Gasteiger partial charge is 0.389 e. The van der Waals surface area contributed by atoms with Crippen LogP contribution in [0.1, 0.15) is 78.6 Å². The van der Waals surface area contributed by atoms with Crippen LogP contribution in [0.15, 0.2) is 0 Å². The maximum Gasteiger partial charge on any atom is 0.0771 e. The minimum absolute atomic E-state index is 0.429. The Labute approximate surface area is 124 Å². The molecule has 3 fully saturated rings. The van der Waals surface area contributed by atoms with E-state index in [4.69, 9.17) is 0 Å². The first-order valence-electron chi connectivity index (χ1n) is 8.83. The smallest absolute Gasteiger partial charge is 0.0771 e. The van der Waals surface area contributed by atoms with Crippen molar-refractivity contribution in [2.24, 2.45) is 16.7 Å². The summed E-state index contributed by atoms with van der Waals surface area (Å²) in [4.78, 5) is 0. The highest BCUT2D eigenvalue weighted by Crippen LogP contribution is 2.65. The van der Waals surface area contributed by atoms with Crippen molar-refractivity contribution >= 4 is 0 Å². The summed E-state index contributed by atoms with van der Waals surface area (Å²) in [5, 5.41) is 14.6. The van der Waals surface area contributed by atoms with Crippen LogP contribution in [0.5, 0.6) is 0 Å². The molecule has 116 valence electrons. The zero-order chi connectivity index (χ0) is 14.4. The fourth-order valence-corrected chi connectivity index (χ4v) is 5.39. The summed E-state index contributed by atoms with van der Waals surface area (Å²) in [6.45, 7) is 8.23. The summed E-state index contributed by atoms with van der Waals surface area (Å²) in [5.41, 5.74) is 0.467. The third-order valence-electron chi connectivity index (χ3n) is 7.51. The normalized spacial score (nSPS) is 42.6. The molecule has 3 aliphatic carbocycles. The Kier molecular flexibility index (Phi) is 3.70. The summed E-state index contributed by atoms with van der Waals surface area (Å²) in [5.74, 6) is 0.883. The van der Waals surface area contributed by atoms with Crippen LogP contribution in [-0.4, -0.2) is 23.3 Å². The minimum atomic E-state index is -0.432. The van der Waals surface area contributed by atoms with Crippen LogP contribution in [0.4, 0.5) is 0 Å². The molecule has 20 heavy (non-hydrogen) atoms. The van der Waals surface area contributed by atoms with Gasteiger partial charge in [-0.25, -0.2) is 0 Å². The number of hydrogen-bond acceptors (Lipinski definition) is 2. The number of aliphatic hydroxyl groups is 1. The van der Waals surface area contributed by atoms with E-state index in [1.807, 2.05) is 0 Å². The maximum atomic E-state index is 10.8. The van der Waals surface area contributed by atoms with Gasteiger partial charge in [-0.05, 0) is 48.9 Å². The zero-order valence-electron chi connectivity index (χ0n) is 13.7. The molecule has 3 aliphatic rings. The summed E-state index contributed by atoms with van der Waals surface area (Å²) >= 11 is 0. The molecule has 2 N–H and O–H groups in total. The van der Waals surface area contributed by atoms with Crippen molar-refractivity contribution in [3.63, 3.8) is 0 Å². The van der Waals surface area contributed by atoms with E-state index in [-0.39, 0.29) is 0 Å². The molecule has 2 heteroatoms. The second-order valence-corrected chi connectivity index (χ2v) is 8.68. The predicted octanol–water partition coefficient (Wildman–Crippen LogP) is 3.88. The van der Waals surface area contributed by atoms with Crippen molar-refractivity contribution in [3.8, 4) is 0 Å². The van der Waals surface area contributed by atoms with Crippen LogP contribution in [0.2, 0.25) is 0 Å². The van der Waals surface area contributed by atoms with Gasteiger partial charge in [-0.1, -0.05) is 46.5 Å². The molecular formula is C18H33NO. The van der Waals surface area contributed by atoms with E-state index >= 15 is 0 Å². The third-order valence-corrected chi connectivity index (χ3v) is 7.51. The zero-order valence-corrected chi connectivity index (χ0v) is 13.7. The molecule has 3 saturated carbocycles. The van der Waals surface area contributed by atoms with Gasteiger partial charge in [-0.2, -0.15) is 0 Å². The van der Waals surface area contributed by atoms with Crippen LogP contribution in [0.25, 0.3) is 0 Å². The second kappa shape index (κ2) is 4.98. The summed E-state index contributed by atoms with van der Waals surface area (Å²) in [6.07, 6.45) is 11.1. The van der Waals surface area contributed by atoms with Gasteiger partial charge in [0.25, 0.3) is 0 Å². The molecule has 0 saturated heterocycles. The highest BCUT2D eigenvalue weighted by molar-refractivity contribution is 5.13. The molecule has 0 amide bonds. The third kappa shape index (κ3) is 2.23. The lowest BCUT2D eigenvalue weighted by Crippen LogP contribution is -2.50.